The monoisotopic (exact) mass is 332 g/mol. The Hall–Kier alpha value is -1.85. The number of hydrogen-bond donors (Lipinski definition) is 0. The van der Waals surface area contributed by atoms with Crippen molar-refractivity contribution in [3.8, 4) is 0 Å². The molecule has 23 heavy (non-hydrogen) atoms. The molecule has 1 fully saturated rings. The van der Waals surface area contributed by atoms with Gasteiger partial charge in [-0.3, -0.25) is 14.4 Å². The topological polar surface area (TPSA) is 41.4 Å². The van der Waals surface area contributed by atoms with Gasteiger partial charge >= 0.3 is 0 Å². The first-order chi connectivity index (χ1) is 11.0. The number of nitrogens with zero attached hydrogens (tertiary/aromatic N) is 4. The molecular weight excluding hydrogens is 312 g/mol. The number of aromatic nitrogens is 2. The SMILES string of the molecule is Cc1cc(C(=O)N2CCN(Cc3ccccc3Cl)CC2)n(C)n1. The molecule has 1 aliphatic rings. The first-order valence-corrected chi connectivity index (χ1v) is 8.18. The van der Waals surface area contributed by atoms with Gasteiger partial charge in [0.05, 0.1) is 5.69 Å². The largest absolute Gasteiger partial charge is 0.335 e. The van der Waals surface area contributed by atoms with Crippen molar-refractivity contribution in [1.82, 2.24) is 19.6 Å². The zero-order chi connectivity index (χ0) is 16.4. The third-order valence-electron chi connectivity index (χ3n) is 4.23. The van der Waals surface area contributed by atoms with Gasteiger partial charge in [-0.1, -0.05) is 29.8 Å². The highest BCUT2D eigenvalue weighted by Gasteiger charge is 2.24. The molecule has 6 heteroatoms. The minimum absolute atomic E-state index is 0.0606. The molecule has 1 saturated heterocycles. The highest BCUT2D eigenvalue weighted by molar-refractivity contribution is 6.31. The van der Waals surface area contributed by atoms with Crippen LogP contribution < -0.4 is 0 Å². The summed E-state index contributed by atoms with van der Waals surface area (Å²) in [5, 5.41) is 5.05. The molecule has 0 spiro atoms. The molecule has 0 unspecified atom stereocenters. The van der Waals surface area contributed by atoms with E-state index in [0.717, 1.165) is 49.0 Å². The smallest absolute Gasteiger partial charge is 0.272 e. The lowest BCUT2D eigenvalue weighted by Gasteiger charge is -2.34. The molecular formula is C17H21ClN4O. The van der Waals surface area contributed by atoms with Gasteiger partial charge in [-0.15, -0.1) is 0 Å². The molecule has 1 aromatic carbocycles. The Bertz CT molecular complexity index is 704. The molecule has 0 atom stereocenters. The van der Waals surface area contributed by atoms with Crippen LogP contribution in [0.5, 0.6) is 0 Å². The van der Waals surface area contributed by atoms with Crippen molar-refractivity contribution in [1.29, 1.82) is 0 Å². The maximum absolute atomic E-state index is 12.6. The number of aryl methyl sites for hydroxylation is 2. The second kappa shape index (κ2) is 6.72. The number of rotatable bonds is 3. The molecule has 0 radical (unpaired) electrons. The Labute approximate surface area is 141 Å². The zero-order valence-electron chi connectivity index (χ0n) is 13.5. The fraction of sp³-hybridized carbons (Fsp3) is 0.412. The van der Waals surface area contributed by atoms with Crippen molar-refractivity contribution in [2.75, 3.05) is 26.2 Å². The van der Waals surface area contributed by atoms with Gasteiger partial charge in [-0.25, -0.2) is 0 Å². The van der Waals surface area contributed by atoms with E-state index in [0.29, 0.717) is 5.69 Å². The Morgan fingerprint density at radius 2 is 1.91 bits per heavy atom. The molecule has 0 aliphatic carbocycles. The summed E-state index contributed by atoms with van der Waals surface area (Å²) in [6.07, 6.45) is 0. The molecule has 1 aliphatic heterocycles. The second-order valence-corrected chi connectivity index (χ2v) is 6.36. The Morgan fingerprint density at radius 1 is 1.22 bits per heavy atom. The Kier molecular flexibility index (Phi) is 4.68. The number of amides is 1. The van der Waals surface area contributed by atoms with Gasteiger partial charge in [0.15, 0.2) is 0 Å². The standard InChI is InChI=1S/C17H21ClN4O/c1-13-11-16(20(2)19-13)17(23)22-9-7-21(8-10-22)12-14-5-3-4-6-15(14)18/h3-6,11H,7-10,12H2,1-2H3. The summed E-state index contributed by atoms with van der Waals surface area (Å²) >= 11 is 6.22. The van der Waals surface area contributed by atoms with Crippen LogP contribution in [0.2, 0.25) is 5.02 Å². The van der Waals surface area contributed by atoms with Crippen LogP contribution >= 0.6 is 11.6 Å². The number of carbonyl (C=O) groups is 1. The minimum atomic E-state index is 0.0606. The summed E-state index contributed by atoms with van der Waals surface area (Å²) < 4.78 is 1.66. The lowest BCUT2D eigenvalue weighted by molar-refractivity contribution is 0.0618. The van der Waals surface area contributed by atoms with Crippen LogP contribution in [0, 0.1) is 6.92 Å². The van der Waals surface area contributed by atoms with Crippen molar-refractivity contribution in [3.05, 3.63) is 52.3 Å². The summed E-state index contributed by atoms with van der Waals surface area (Å²) in [6.45, 7) is 5.90. The predicted octanol–water partition coefficient (Wildman–Crippen LogP) is 2.34. The third-order valence-corrected chi connectivity index (χ3v) is 4.60. The molecule has 1 amide bonds. The quantitative estimate of drug-likeness (QED) is 0.866. The van der Waals surface area contributed by atoms with Gasteiger partial charge < -0.3 is 4.90 Å². The van der Waals surface area contributed by atoms with Crippen LogP contribution in [-0.4, -0.2) is 51.7 Å². The first-order valence-electron chi connectivity index (χ1n) is 7.80. The molecule has 0 bridgehead atoms. The third kappa shape index (κ3) is 3.57. The maximum atomic E-state index is 12.6. The molecule has 1 aromatic heterocycles. The van der Waals surface area contributed by atoms with Crippen LogP contribution in [-0.2, 0) is 13.6 Å². The van der Waals surface area contributed by atoms with Crippen molar-refractivity contribution in [2.24, 2.45) is 7.05 Å². The van der Waals surface area contributed by atoms with Gasteiger partial charge in [0.25, 0.3) is 5.91 Å². The van der Waals surface area contributed by atoms with E-state index >= 15 is 0 Å². The summed E-state index contributed by atoms with van der Waals surface area (Å²) in [7, 11) is 1.81. The van der Waals surface area contributed by atoms with Gasteiger partial charge in [-0.05, 0) is 24.6 Å². The molecule has 122 valence electrons. The van der Waals surface area contributed by atoms with Crippen LogP contribution in [0.15, 0.2) is 30.3 Å². The molecule has 2 aromatic rings. The maximum Gasteiger partial charge on any atom is 0.272 e. The van der Waals surface area contributed by atoms with E-state index in [4.69, 9.17) is 11.6 Å². The van der Waals surface area contributed by atoms with E-state index in [9.17, 15) is 4.79 Å². The minimum Gasteiger partial charge on any atom is -0.335 e. The van der Waals surface area contributed by atoms with Crippen molar-refractivity contribution >= 4 is 17.5 Å². The molecule has 2 heterocycles. The zero-order valence-corrected chi connectivity index (χ0v) is 14.3. The Morgan fingerprint density at radius 3 is 2.52 bits per heavy atom. The van der Waals surface area contributed by atoms with E-state index in [1.165, 1.54) is 0 Å². The molecule has 0 saturated carbocycles. The van der Waals surface area contributed by atoms with E-state index < -0.39 is 0 Å². The Balaban J connectivity index is 1.59. The first kappa shape index (κ1) is 16.0. The van der Waals surface area contributed by atoms with Crippen LogP contribution in [0.3, 0.4) is 0 Å². The second-order valence-electron chi connectivity index (χ2n) is 5.95. The van der Waals surface area contributed by atoms with Crippen molar-refractivity contribution < 1.29 is 4.79 Å². The van der Waals surface area contributed by atoms with Gasteiger partial charge in [-0.2, -0.15) is 5.10 Å². The molecule has 5 nitrogen and oxygen atoms in total. The highest BCUT2D eigenvalue weighted by Crippen LogP contribution is 2.18. The number of halogens is 1. The van der Waals surface area contributed by atoms with Crippen molar-refractivity contribution in [3.63, 3.8) is 0 Å². The number of benzene rings is 1. The molecule has 3 rings (SSSR count). The van der Waals surface area contributed by atoms with Gasteiger partial charge in [0.2, 0.25) is 0 Å². The average molecular weight is 333 g/mol. The predicted molar refractivity (Wildman–Crippen MR) is 90.6 cm³/mol. The van der Waals surface area contributed by atoms with Crippen molar-refractivity contribution in [2.45, 2.75) is 13.5 Å². The number of piperazine rings is 1. The molecule has 0 N–H and O–H groups in total. The number of hydrogen-bond acceptors (Lipinski definition) is 3. The summed E-state index contributed by atoms with van der Waals surface area (Å²) in [5.74, 6) is 0.0606. The van der Waals surface area contributed by atoms with Gasteiger partial charge in [0, 0.05) is 44.8 Å². The van der Waals surface area contributed by atoms with E-state index in [2.05, 4.69) is 16.1 Å². The summed E-state index contributed by atoms with van der Waals surface area (Å²) in [4.78, 5) is 16.8. The lowest BCUT2D eigenvalue weighted by Crippen LogP contribution is -2.48. The highest BCUT2D eigenvalue weighted by atomic mass is 35.5. The van der Waals surface area contributed by atoms with E-state index in [1.54, 1.807) is 4.68 Å². The summed E-state index contributed by atoms with van der Waals surface area (Å²) in [5.41, 5.74) is 2.66. The number of carbonyl (C=O) groups excluding carboxylic acids is 1. The lowest BCUT2D eigenvalue weighted by atomic mass is 10.2. The summed E-state index contributed by atoms with van der Waals surface area (Å²) in [6, 6.07) is 9.77. The average Bonchev–Trinajstić information content (AvgIpc) is 2.88. The van der Waals surface area contributed by atoms with Gasteiger partial charge in [0.1, 0.15) is 5.69 Å². The fourth-order valence-corrected chi connectivity index (χ4v) is 3.14. The fourth-order valence-electron chi connectivity index (χ4n) is 2.95. The van der Waals surface area contributed by atoms with Crippen LogP contribution in [0.1, 0.15) is 21.7 Å². The van der Waals surface area contributed by atoms with Crippen LogP contribution in [0.4, 0.5) is 0 Å². The van der Waals surface area contributed by atoms with E-state index in [-0.39, 0.29) is 5.91 Å². The van der Waals surface area contributed by atoms with E-state index in [1.807, 2.05) is 43.1 Å². The normalized spacial score (nSPS) is 15.9. The van der Waals surface area contributed by atoms with Crippen LogP contribution in [0.25, 0.3) is 0 Å².